The molecule has 0 N–H and O–H groups in total. The third kappa shape index (κ3) is 49.7. The highest BCUT2D eigenvalue weighted by atomic mass is 16.6. The van der Waals surface area contributed by atoms with Gasteiger partial charge >= 0.3 is 17.9 Å². The minimum absolute atomic E-state index is 0.0965. The van der Waals surface area contributed by atoms with Crippen LogP contribution in [0.25, 0.3) is 0 Å². The second-order valence-electron chi connectivity index (χ2n) is 17.4. The van der Waals surface area contributed by atoms with Crippen molar-refractivity contribution in [1.29, 1.82) is 0 Å². The molecule has 0 aromatic carbocycles. The summed E-state index contributed by atoms with van der Waals surface area (Å²) < 4.78 is 16.7. The number of carbonyl (C=O) groups is 3. The summed E-state index contributed by atoms with van der Waals surface area (Å²) in [6.07, 6.45) is 64.9. The van der Waals surface area contributed by atoms with Crippen molar-refractivity contribution in [1.82, 2.24) is 0 Å². The molecule has 0 aliphatic heterocycles. The van der Waals surface area contributed by atoms with Gasteiger partial charge in [-0.3, -0.25) is 14.4 Å². The minimum Gasteiger partial charge on any atom is -0.462 e. The summed E-state index contributed by atoms with van der Waals surface area (Å²) in [4.78, 5) is 37.8. The zero-order valence-corrected chi connectivity index (χ0v) is 41.3. The van der Waals surface area contributed by atoms with E-state index in [1.165, 1.54) is 128 Å². The van der Waals surface area contributed by atoms with E-state index in [4.69, 9.17) is 14.2 Å². The lowest BCUT2D eigenvalue weighted by atomic mass is 10.0. The van der Waals surface area contributed by atoms with Crippen molar-refractivity contribution in [2.45, 2.75) is 258 Å². The van der Waals surface area contributed by atoms with Crippen molar-refractivity contribution in [3.8, 4) is 0 Å². The van der Waals surface area contributed by atoms with Gasteiger partial charge in [-0.2, -0.15) is 0 Å². The Balaban J connectivity index is 4.33. The van der Waals surface area contributed by atoms with Gasteiger partial charge in [0.15, 0.2) is 6.10 Å². The lowest BCUT2D eigenvalue weighted by molar-refractivity contribution is -0.166. The molecule has 0 saturated heterocycles. The summed E-state index contributed by atoms with van der Waals surface area (Å²) in [6, 6.07) is 0. The highest BCUT2D eigenvalue weighted by Gasteiger charge is 2.19. The number of hydrogen-bond acceptors (Lipinski definition) is 6. The maximum Gasteiger partial charge on any atom is 0.306 e. The molecule has 0 aliphatic carbocycles. The molecule has 0 aromatic heterocycles. The Morgan fingerprint density at radius 3 is 0.968 bits per heavy atom. The van der Waals surface area contributed by atoms with E-state index in [2.05, 4.69) is 87.6 Å². The van der Waals surface area contributed by atoms with Crippen LogP contribution in [0.1, 0.15) is 252 Å². The van der Waals surface area contributed by atoms with Crippen molar-refractivity contribution >= 4 is 17.9 Å². The summed E-state index contributed by atoms with van der Waals surface area (Å²) in [5.41, 5.74) is 0. The van der Waals surface area contributed by atoms with Crippen molar-refractivity contribution in [3.63, 3.8) is 0 Å². The number of ether oxygens (including phenoxy) is 3. The maximum atomic E-state index is 12.8. The van der Waals surface area contributed by atoms with Crippen molar-refractivity contribution in [2.75, 3.05) is 13.2 Å². The zero-order chi connectivity index (χ0) is 45.8. The van der Waals surface area contributed by atoms with E-state index in [9.17, 15) is 14.4 Å². The number of hydrogen-bond donors (Lipinski definition) is 0. The van der Waals surface area contributed by atoms with Crippen LogP contribution >= 0.6 is 0 Å². The molecule has 0 heterocycles. The average Bonchev–Trinajstić information content (AvgIpc) is 3.28. The Morgan fingerprint density at radius 1 is 0.333 bits per heavy atom. The molecule has 0 spiro atoms. The summed E-state index contributed by atoms with van der Waals surface area (Å²) in [7, 11) is 0. The first kappa shape index (κ1) is 59.9. The monoisotopic (exact) mass is 879 g/mol. The van der Waals surface area contributed by atoms with E-state index in [1.807, 2.05) is 6.08 Å². The average molecular weight is 879 g/mol. The Labute approximate surface area is 389 Å². The van der Waals surface area contributed by atoms with Crippen LogP contribution in [0.15, 0.2) is 72.9 Å². The molecule has 0 aromatic rings. The maximum absolute atomic E-state index is 12.8. The van der Waals surface area contributed by atoms with Crippen LogP contribution < -0.4 is 0 Å². The number of carbonyl (C=O) groups excluding carboxylic acids is 3. The van der Waals surface area contributed by atoms with Gasteiger partial charge < -0.3 is 14.2 Å². The lowest BCUT2D eigenvalue weighted by Crippen LogP contribution is -2.30. The predicted molar refractivity (Wildman–Crippen MR) is 270 cm³/mol. The largest absolute Gasteiger partial charge is 0.462 e. The number of esters is 3. The fraction of sp³-hybridized carbons (Fsp3) is 0.737. The van der Waals surface area contributed by atoms with Crippen molar-refractivity contribution in [2.24, 2.45) is 0 Å². The van der Waals surface area contributed by atoms with E-state index in [-0.39, 0.29) is 37.5 Å². The van der Waals surface area contributed by atoms with Crippen LogP contribution in [-0.2, 0) is 28.6 Å². The smallest absolute Gasteiger partial charge is 0.306 e. The van der Waals surface area contributed by atoms with Gasteiger partial charge in [0, 0.05) is 19.3 Å². The molecular weight excluding hydrogens is 781 g/mol. The normalized spacial score (nSPS) is 12.6. The standard InChI is InChI=1S/C57H98O6/c1-4-7-10-13-16-18-20-22-24-26-28-30-32-34-36-38-41-44-47-50-56(59)62-53-54(52-61-55(58)49-46-43-40-15-12-9-6-3)63-57(60)51-48-45-42-39-37-35-33-31-29-27-25-23-21-19-17-14-11-8-5-2/h7,10,16,18,22,24,28,30,34,36,41,44,54H,4-6,8-9,11-15,17,19-21,23,25-27,29,31-33,35,37-40,42-43,45-53H2,1-3H3/b10-7-,18-16-,24-22-,30-28-,36-34-,44-41-. The first-order chi connectivity index (χ1) is 31.0. The number of allylic oxidation sites excluding steroid dienone is 12. The SMILES string of the molecule is CC/C=C\C/C=C\C/C=C\C/C=C\C/C=C\C/C=C\CCC(=O)OCC(COC(=O)CCCCCCCCC)OC(=O)CCCCCCCCCCCCCCCCCCCCC. The van der Waals surface area contributed by atoms with Crippen LogP contribution in [0.5, 0.6) is 0 Å². The van der Waals surface area contributed by atoms with Gasteiger partial charge in [0.25, 0.3) is 0 Å². The fourth-order valence-corrected chi connectivity index (χ4v) is 7.29. The van der Waals surface area contributed by atoms with Crippen LogP contribution in [0, 0.1) is 0 Å². The molecule has 0 fully saturated rings. The van der Waals surface area contributed by atoms with Crippen molar-refractivity contribution < 1.29 is 28.6 Å². The molecule has 1 atom stereocenters. The third-order valence-electron chi connectivity index (χ3n) is 11.2. The predicted octanol–water partition coefficient (Wildman–Crippen LogP) is 17.4. The highest BCUT2D eigenvalue weighted by Crippen LogP contribution is 2.16. The van der Waals surface area contributed by atoms with Gasteiger partial charge in [0.05, 0.1) is 0 Å². The Morgan fingerprint density at radius 2 is 0.619 bits per heavy atom. The Hall–Kier alpha value is -3.15. The van der Waals surface area contributed by atoms with E-state index in [0.29, 0.717) is 19.3 Å². The van der Waals surface area contributed by atoms with Gasteiger partial charge in [0.2, 0.25) is 0 Å². The molecule has 6 heteroatoms. The van der Waals surface area contributed by atoms with Gasteiger partial charge in [0.1, 0.15) is 13.2 Å². The van der Waals surface area contributed by atoms with Gasteiger partial charge in [-0.25, -0.2) is 0 Å². The third-order valence-corrected chi connectivity index (χ3v) is 11.2. The molecule has 0 rings (SSSR count). The number of rotatable bonds is 47. The van der Waals surface area contributed by atoms with E-state index in [1.54, 1.807) is 0 Å². The molecule has 0 aliphatic rings. The topological polar surface area (TPSA) is 78.9 Å². The second-order valence-corrected chi connectivity index (χ2v) is 17.4. The van der Waals surface area contributed by atoms with E-state index < -0.39 is 6.10 Å². The molecule has 0 amide bonds. The van der Waals surface area contributed by atoms with Crippen LogP contribution in [-0.4, -0.2) is 37.2 Å². The summed E-state index contributed by atoms with van der Waals surface area (Å²) in [5.74, 6) is -0.986. The van der Waals surface area contributed by atoms with Crippen LogP contribution in [0.2, 0.25) is 0 Å². The van der Waals surface area contributed by atoms with Crippen LogP contribution in [0.4, 0.5) is 0 Å². The van der Waals surface area contributed by atoms with Gasteiger partial charge in [-0.1, -0.05) is 248 Å². The minimum atomic E-state index is -0.800. The fourth-order valence-electron chi connectivity index (χ4n) is 7.29. The first-order valence-electron chi connectivity index (χ1n) is 26.4. The second kappa shape index (κ2) is 51.5. The first-order valence-corrected chi connectivity index (χ1v) is 26.4. The highest BCUT2D eigenvalue weighted by molar-refractivity contribution is 5.71. The molecule has 362 valence electrons. The molecule has 0 saturated carbocycles. The quantitative estimate of drug-likeness (QED) is 0.0262. The van der Waals surface area contributed by atoms with E-state index >= 15 is 0 Å². The molecule has 1 unspecified atom stereocenters. The summed E-state index contributed by atoms with van der Waals surface area (Å²) in [6.45, 7) is 6.43. The summed E-state index contributed by atoms with van der Waals surface area (Å²) >= 11 is 0. The van der Waals surface area contributed by atoms with Gasteiger partial charge in [-0.05, 0) is 57.8 Å². The molecule has 6 nitrogen and oxygen atoms in total. The Kier molecular flexibility index (Phi) is 48.9. The molecular formula is C57H98O6. The van der Waals surface area contributed by atoms with Crippen molar-refractivity contribution in [3.05, 3.63) is 72.9 Å². The zero-order valence-electron chi connectivity index (χ0n) is 41.3. The summed E-state index contributed by atoms with van der Waals surface area (Å²) in [5, 5.41) is 0. The van der Waals surface area contributed by atoms with Gasteiger partial charge in [-0.15, -0.1) is 0 Å². The molecule has 0 radical (unpaired) electrons. The Bertz CT molecular complexity index is 1190. The molecule has 63 heavy (non-hydrogen) atoms. The molecule has 0 bridgehead atoms. The number of unbranched alkanes of at least 4 members (excludes halogenated alkanes) is 24. The van der Waals surface area contributed by atoms with Crippen LogP contribution in [0.3, 0.4) is 0 Å². The lowest BCUT2D eigenvalue weighted by Gasteiger charge is -2.18. The van der Waals surface area contributed by atoms with E-state index in [0.717, 1.165) is 77.0 Å².